The van der Waals surface area contributed by atoms with Crippen LogP contribution in [0.15, 0.2) is 12.3 Å². The maximum absolute atomic E-state index is 12.6. The van der Waals surface area contributed by atoms with Gasteiger partial charge in [0.25, 0.3) is 0 Å². The van der Waals surface area contributed by atoms with Crippen molar-refractivity contribution in [3.8, 4) is 0 Å². The molecule has 1 saturated heterocycles. The molecule has 0 aromatic carbocycles. The Kier molecular flexibility index (Phi) is 3.26. The Morgan fingerprint density at radius 1 is 1.57 bits per heavy atom. The number of nitrogens with one attached hydrogen (secondary N) is 1. The molecule has 1 aliphatic carbocycles. The van der Waals surface area contributed by atoms with Gasteiger partial charge in [0.2, 0.25) is 5.91 Å². The largest absolute Gasteiger partial charge is 0.377 e. The third-order valence-corrected chi connectivity index (χ3v) is 5.09. The molecule has 3 unspecified atom stereocenters. The van der Waals surface area contributed by atoms with E-state index < -0.39 is 5.54 Å². The Balaban J connectivity index is 1.70. The topological polar surface area (TPSA) is 90.1 Å². The van der Waals surface area contributed by atoms with E-state index >= 15 is 0 Å². The molecular weight excluding hydrogens is 268 g/mol. The summed E-state index contributed by atoms with van der Waals surface area (Å²) < 4.78 is 5.71. The molecule has 114 valence electrons. The van der Waals surface area contributed by atoms with Gasteiger partial charge in [-0.2, -0.15) is 0 Å². The number of rotatable bonds is 3. The van der Waals surface area contributed by atoms with Crippen molar-refractivity contribution >= 4 is 5.91 Å². The Labute approximate surface area is 124 Å². The van der Waals surface area contributed by atoms with Crippen molar-refractivity contribution in [1.82, 2.24) is 15.3 Å². The SMILES string of the molecule is Cc1nccc(CNC(=O)C2(N)C3CCOC3C2(C)C)n1. The number of amides is 1. The van der Waals surface area contributed by atoms with Gasteiger partial charge in [-0.05, 0) is 19.4 Å². The van der Waals surface area contributed by atoms with E-state index in [1.165, 1.54) is 0 Å². The molecular formula is C15H22N4O2. The van der Waals surface area contributed by atoms with Gasteiger partial charge in [0.15, 0.2) is 0 Å². The number of nitrogens with two attached hydrogens (primary N) is 1. The van der Waals surface area contributed by atoms with Crippen LogP contribution in [0.4, 0.5) is 0 Å². The third kappa shape index (κ3) is 1.97. The summed E-state index contributed by atoms with van der Waals surface area (Å²) >= 11 is 0. The summed E-state index contributed by atoms with van der Waals surface area (Å²) in [6.45, 7) is 6.90. The first-order valence-corrected chi connectivity index (χ1v) is 7.34. The van der Waals surface area contributed by atoms with Gasteiger partial charge in [-0.3, -0.25) is 4.79 Å². The molecule has 1 saturated carbocycles. The molecule has 2 aliphatic rings. The fraction of sp³-hybridized carbons (Fsp3) is 0.667. The van der Waals surface area contributed by atoms with E-state index in [0.717, 1.165) is 12.1 Å². The van der Waals surface area contributed by atoms with E-state index in [1.54, 1.807) is 12.3 Å². The smallest absolute Gasteiger partial charge is 0.241 e. The molecule has 21 heavy (non-hydrogen) atoms. The standard InChI is InChI=1S/C15H22N4O2/c1-9-17-6-4-10(19-9)8-18-13(20)15(16)11-5-7-21-12(11)14(15,2)3/h4,6,11-12H,5,7-8,16H2,1-3H3,(H,18,20). The second-order valence-corrected chi connectivity index (χ2v) is 6.56. The van der Waals surface area contributed by atoms with Crippen LogP contribution >= 0.6 is 0 Å². The molecule has 0 spiro atoms. The molecule has 2 fully saturated rings. The summed E-state index contributed by atoms with van der Waals surface area (Å²) in [5, 5.41) is 2.93. The molecule has 3 rings (SSSR count). The first-order chi connectivity index (χ1) is 9.87. The molecule has 1 amide bonds. The fourth-order valence-electron chi connectivity index (χ4n) is 3.77. The summed E-state index contributed by atoms with van der Waals surface area (Å²) in [5.74, 6) is 0.688. The van der Waals surface area contributed by atoms with Crippen molar-refractivity contribution in [3.05, 3.63) is 23.8 Å². The Bertz CT molecular complexity index is 575. The van der Waals surface area contributed by atoms with Crippen molar-refractivity contribution < 1.29 is 9.53 Å². The molecule has 0 bridgehead atoms. The minimum absolute atomic E-state index is 0.0922. The summed E-state index contributed by atoms with van der Waals surface area (Å²) in [5.41, 5.74) is 6.05. The van der Waals surface area contributed by atoms with E-state index in [1.807, 2.05) is 20.8 Å². The number of aryl methyl sites for hydroxylation is 1. The van der Waals surface area contributed by atoms with Crippen molar-refractivity contribution in [3.63, 3.8) is 0 Å². The van der Waals surface area contributed by atoms with Crippen LogP contribution in [0.5, 0.6) is 0 Å². The van der Waals surface area contributed by atoms with Crippen LogP contribution in [-0.4, -0.2) is 34.1 Å². The minimum atomic E-state index is -0.865. The van der Waals surface area contributed by atoms with Crippen LogP contribution < -0.4 is 11.1 Å². The molecule has 6 nitrogen and oxygen atoms in total. The summed E-state index contributed by atoms with van der Waals surface area (Å²) in [6, 6.07) is 1.80. The Morgan fingerprint density at radius 2 is 2.33 bits per heavy atom. The van der Waals surface area contributed by atoms with Gasteiger partial charge in [-0.25, -0.2) is 9.97 Å². The molecule has 1 aromatic rings. The average molecular weight is 290 g/mol. The van der Waals surface area contributed by atoms with Gasteiger partial charge >= 0.3 is 0 Å². The molecule has 1 aliphatic heterocycles. The molecule has 1 aromatic heterocycles. The van der Waals surface area contributed by atoms with E-state index in [9.17, 15) is 4.79 Å². The normalized spacial score (nSPS) is 33.1. The molecule has 3 atom stereocenters. The average Bonchev–Trinajstić information content (AvgIpc) is 2.92. The second-order valence-electron chi connectivity index (χ2n) is 6.56. The van der Waals surface area contributed by atoms with E-state index in [2.05, 4.69) is 15.3 Å². The Hall–Kier alpha value is -1.53. The monoisotopic (exact) mass is 290 g/mol. The number of fused-ring (bicyclic) bond motifs is 1. The number of carbonyl (C=O) groups is 1. The van der Waals surface area contributed by atoms with Crippen molar-refractivity contribution in [2.45, 2.75) is 45.4 Å². The van der Waals surface area contributed by atoms with E-state index in [-0.39, 0.29) is 23.3 Å². The molecule has 0 radical (unpaired) electrons. The first-order valence-electron chi connectivity index (χ1n) is 7.34. The lowest BCUT2D eigenvalue weighted by Crippen LogP contribution is -2.80. The quantitative estimate of drug-likeness (QED) is 0.848. The number of aromatic nitrogens is 2. The van der Waals surface area contributed by atoms with Crippen LogP contribution in [0.1, 0.15) is 31.8 Å². The van der Waals surface area contributed by atoms with Gasteiger partial charge in [0.05, 0.1) is 18.3 Å². The Morgan fingerprint density at radius 3 is 3.05 bits per heavy atom. The lowest BCUT2D eigenvalue weighted by Gasteiger charge is -2.60. The lowest BCUT2D eigenvalue weighted by atomic mass is 9.48. The fourth-order valence-corrected chi connectivity index (χ4v) is 3.77. The second kappa shape index (κ2) is 4.74. The maximum Gasteiger partial charge on any atom is 0.241 e. The highest BCUT2D eigenvalue weighted by Crippen LogP contribution is 2.58. The zero-order valence-electron chi connectivity index (χ0n) is 12.7. The number of nitrogens with zero attached hydrogens (tertiary/aromatic N) is 2. The van der Waals surface area contributed by atoms with Crippen LogP contribution in [0.25, 0.3) is 0 Å². The van der Waals surface area contributed by atoms with E-state index in [4.69, 9.17) is 10.5 Å². The van der Waals surface area contributed by atoms with Gasteiger partial charge in [-0.15, -0.1) is 0 Å². The van der Waals surface area contributed by atoms with Gasteiger partial charge in [-0.1, -0.05) is 13.8 Å². The predicted octanol–water partition coefficient (Wildman–Crippen LogP) is 0.544. The van der Waals surface area contributed by atoms with Gasteiger partial charge in [0, 0.05) is 24.1 Å². The highest BCUT2D eigenvalue weighted by molar-refractivity contribution is 5.89. The third-order valence-electron chi connectivity index (χ3n) is 5.09. The maximum atomic E-state index is 12.6. The van der Waals surface area contributed by atoms with Crippen LogP contribution in [0.2, 0.25) is 0 Å². The van der Waals surface area contributed by atoms with Crippen molar-refractivity contribution in [1.29, 1.82) is 0 Å². The van der Waals surface area contributed by atoms with Crippen molar-refractivity contribution in [2.75, 3.05) is 6.61 Å². The predicted molar refractivity (Wildman–Crippen MR) is 77.2 cm³/mol. The molecule has 3 N–H and O–H groups in total. The highest BCUT2D eigenvalue weighted by atomic mass is 16.5. The van der Waals surface area contributed by atoms with Crippen LogP contribution in [0, 0.1) is 18.3 Å². The summed E-state index contributed by atoms with van der Waals surface area (Å²) in [7, 11) is 0. The number of carbonyl (C=O) groups excluding carboxylic acids is 1. The van der Waals surface area contributed by atoms with Gasteiger partial charge in [0.1, 0.15) is 11.4 Å². The van der Waals surface area contributed by atoms with E-state index in [0.29, 0.717) is 19.0 Å². The molecule has 2 heterocycles. The highest BCUT2D eigenvalue weighted by Gasteiger charge is 2.71. The van der Waals surface area contributed by atoms with Crippen LogP contribution in [0.3, 0.4) is 0 Å². The minimum Gasteiger partial charge on any atom is -0.377 e. The van der Waals surface area contributed by atoms with Crippen molar-refractivity contribution in [2.24, 2.45) is 17.1 Å². The first kappa shape index (κ1) is 14.4. The van der Waals surface area contributed by atoms with Gasteiger partial charge < -0.3 is 15.8 Å². The zero-order valence-corrected chi connectivity index (χ0v) is 12.7. The summed E-state index contributed by atoms with van der Waals surface area (Å²) in [6.07, 6.45) is 2.63. The number of ether oxygens (including phenoxy) is 1. The summed E-state index contributed by atoms with van der Waals surface area (Å²) in [4.78, 5) is 21.0. The van der Waals surface area contributed by atoms with Crippen LogP contribution in [-0.2, 0) is 16.1 Å². The number of hydrogen-bond acceptors (Lipinski definition) is 5. The molecule has 6 heteroatoms. The zero-order chi connectivity index (χ0) is 15.3. The lowest BCUT2D eigenvalue weighted by molar-refractivity contribution is -0.175. The number of hydrogen-bond donors (Lipinski definition) is 2.